The Morgan fingerprint density at radius 3 is 0.862 bits per heavy atom. The summed E-state index contributed by atoms with van der Waals surface area (Å²) in [6.07, 6.45) is -2.81. The molecule has 0 spiro atoms. The smallest absolute Gasteiger partial charge is 0.200 e. The van der Waals surface area contributed by atoms with Crippen molar-refractivity contribution in [1.82, 2.24) is 0 Å². The van der Waals surface area contributed by atoms with E-state index in [1.807, 2.05) is 0 Å². The molecule has 2 rings (SSSR count). The minimum Gasteiger partial charge on any atom is -0.294 e. The molecule has 0 bridgehead atoms. The molecule has 156 valence electrons. The molecule has 0 aliphatic heterocycles. The summed E-state index contributed by atoms with van der Waals surface area (Å²) in [5, 5.41) is 0. The van der Waals surface area contributed by atoms with Crippen molar-refractivity contribution in [2.75, 3.05) is 0 Å². The molecule has 0 aliphatic carbocycles. The van der Waals surface area contributed by atoms with E-state index in [-0.39, 0.29) is 0 Å². The van der Waals surface area contributed by atoms with Gasteiger partial charge in [-0.3, -0.25) is 9.59 Å². The van der Waals surface area contributed by atoms with E-state index in [4.69, 9.17) is 0 Å². The zero-order valence-electron chi connectivity index (χ0n) is 13.7. The Morgan fingerprint density at radius 2 is 0.621 bits per heavy atom. The first-order valence-corrected chi connectivity index (χ1v) is 7.51. The van der Waals surface area contributed by atoms with Crippen molar-refractivity contribution in [2.24, 2.45) is 0 Å². The Hall–Kier alpha value is -2.92. The van der Waals surface area contributed by atoms with Crippen LogP contribution in [0.4, 0.5) is 43.9 Å². The Kier molecular flexibility index (Phi) is 6.34. The van der Waals surface area contributed by atoms with Crippen LogP contribution in [0.3, 0.4) is 0 Å². The maximum Gasteiger partial charge on any atom is 0.200 e. The Balaban J connectivity index is 2.20. The van der Waals surface area contributed by atoms with Gasteiger partial charge in [0, 0.05) is 12.8 Å². The minimum atomic E-state index is -2.50. The van der Waals surface area contributed by atoms with Crippen molar-refractivity contribution in [3.05, 3.63) is 69.3 Å². The highest BCUT2D eigenvalue weighted by Gasteiger charge is 2.31. The van der Waals surface area contributed by atoms with Crippen LogP contribution in [0.25, 0.3) is 0 Å². The number of hydrogen-bond donors (Lipinski definition) is 0. The molecule has 0 unspecified atom stereocenters. The highest BCUT2D eigenvalue weighted by atomic mass is 19.2. The van der Waals surface area contributed by atoms with Crippen LogP contribution in [0.15, 0.2) is 0 Å². The maximum atomic E-state index is 13.5. The van der Waals surface area contributed by atoms with Gasteiger partial charge < -0.3 is 0 Å². The molecule has 0 atom stereocenters. The van der Waals surface area contributed by atoms with Gasteiger partial charge in [0.05, 0.1) is 11.1 Å². The van der Waals surface area contributed by atoms with E-state index in [9.17, 15) is 53.5 Å². The molecule has 0 N–H and O–H groups in total. The third-order valence-corrected chi connectivity index (χ3v) is 3.78. The number of carbonyl (C=O) groups excluding carboxylic acids is 2. The van der Waals surface area contributed by atoms with Gasteiger partial charge in [-0.2, -0.15) is 0 Å². The summed E-state index contributed by atoms with van der Waals surface area (Å²) < 4.78 is 132. The normalized spacial score (nSPS) is 11.1. The van der Waals surface area contributed by atoms with Crippen LogP contribution in [0.1, 0.15) is 40.0 Å². The minimum absolute atomic E-state index is 0.753. The van der Waals surface area contributed by atoms with Crippen LogP contribution in [-0.2, 0) is 0 Å². The molecule has 0 aromatic heterocycles. The summed E-state index contributed by atoms with van der Waals surface area (Å²) in [6.45, 7) is 0. The largest absolute Gasteiger partial charge is 0.294 e. The van der Waals surface area contributed by atoms with Crippen LogP contribution in [0, 0.1) is 58.2 Å². The van der Waals surface area contributed by atoms with Gasteiger partial charge in [-0.1, -0.05) is 0 Å². The standard InChI is InChI=1S/C17H6F10O2/c18-8-6(9(19)13(23)16(26)12(8)22)4(28)2-1-3-5(29)7-10(20)14(24)17(27)15(25)11(7)21/h1-3H2. The first-order chi connectivity index (χ1) is 13.4. The molecule has 0 fully saturated rings. The summed E-state index contributed by atoms with van der Waals surface area (Å²) in [6, 6.07) is 0. The summed E-state index contributed by atoms with van der Waals surface area (Å²) in [7, 11) is 0. The molecule has 2 aromatic carbocycles. The zero-order valence-corrected chi connectivity index (χ0v) is 13.7. The van der Waals surface area contributed by atoms with Crippen molar-refractivity contribution in [3.8, 4) is 0 Å². The molecule has 0 saturated carbocycles. The average molecular weight is 432 g/mol. The molecule has 29 heavy (non-hydrogen) atoms. The van der Waals surface area contributed by atoms with Gasteiger partial charge in [-0.05, 0) is 6.42 Å². The molecule has 0 amide bonds. The van der Waals surface area contributed by atoms with Crippen LogP contribution >= 0.6 is 0 Å². The number of rotatable bonds is 6. The van der Waals surface area contributed by atoms with E-state index in [1.165, 1.54) is 0 Å². The monoisotopic (exact) mass is 432 g/mol. The Morgan fingerprint density at radius 1 is 0.414 bits per heavy atom. The molecule has 0 radical (unpaired) electrons. The number of halogens is 10. The lowest BCUT2D eigenvalue weighted by Gasteiger charge is -2.08. The summed E-state index contributed by atoms with van der Waals surface area (Å²) in [4.78, 5) is 23.5. The van der Waals surface area contributed by atoms with Crippen molar-refractivity contribution in [3.63, 3.8) is 0 Å². The van der Waals surface area contributed by atoms with E-state index < -0.39 is 100 Å². The molecule has 0 aliphatic rings. The molecule has 2 nitrogen and oxygen atoms in total. The molecule has 2 aromatic rings. The van der Waals surface area contributed by atoms with E-state index in [2.05, 4.69) is 0 Å². The van der Waals surface area contributed by atoms with Gasteiger partial charge in [-0.15, -0.1) is 0 Å². The summed E-state index contributed by atoms with van der Waals surface area (Å²) in [5.74, 6) is -27.5. The van der Waals surface area contributed by atoms with Gasteiger partial charge in [0.1, 0.15) is 0 Å². The molecule has 0 heterocycles. The third kappa shape index (κ3) is 3.83. The van der Waals surface area contributed by atoms with Crippen LogP contribution in [0.2, 0.25) is 0 Å². The number of benzene rings is 2. The molecule has 0 saturated heterocycles. The highest BCUT2D eigenvalue weighted by Crippen LogP contribution is 2.26. The quantitative estimate of drug-likeness (QED) is 0.268. The van der Waals surface area contributed by atoms with Gasteiger partial charge in [0.25, 0.3) is 0 Å². The Bertz CT molecular complexity index is 892. The fourth-order valence-electron chi connectivity index (χ4n) is 2.36. The first-order valence-electron chi connectivity index (χ1n) is 7.51. The lowest BCUT2D eigenvalue weighted by atomic mass is 9.99. The van der Waals surface area contributed by atoms with Crippen molar-refractivity contribution < 1.29 is 53.5 Å². The van der Waals surface area contributed by atoms with Crippen molar-refractivity contribution in [1.29, 1.82) is 0 Å². The van der Waals surface area contributed by atoms with E-state index in [0.717, 1.165) is 0 Å². The maximum absolute atomic E-state index is 13.5. The van der Waals surface area contributed by atoms with Crippen LogP contribution < -0.4 is 0 Å². The van der Waals surface area contributed by atoms with Gasteiger partial charge in [0.2, 0.25) is 11.6 Å². The number of carbonyl (C=O) groups is 2. The second-order valence-corrected chi connectivity index (χ2v) is 5.59. The SMILES string of the molecule is O=C(CCCC(=O)c1c(F)c(F)c(F)c(F)c1F)c1c(F)c(F)c(F)c(F)c1F. The number of hydrogen-bond acceptors (Lipinski definition) is 2. The van der Waals surface area contributed by atoms with Gasteiger partial charge >= 0.3 is 0 Å². The summed E-state index contributed by atoms with van der Waals surface area (Å²) >= 11 is 0. The number of Topliss-reactive ketones (excluding diaryl/α,β-unsaturated/α-hetero) is 2. The first kappa shape index (κ1) is 22.4. The highest BCUT2D eigenvalue weighted by molar-refractivity contribution is 5.99. The van der Waals surface area contributed by atoms with Crippen molar-refractivity contribution >= 4 is 11.6 Å². The predicted molar refractivity (Wildman–Crippen MR) is 75.0 cm³/mol. The summed E-state index contributed by atoms with van der Waals surface area (Å²) in [5.41, 5.74) is -3.57. The Labute approximate surface area is 154 Å². The molecular weight excluding hydrogens is 426 g/mol. The van der Waals surface area contributed by atoms with Crippen LogP contribution in [-0.4, -0.2) is 11.6 Å². The number of ketones is 2. The fraction of sp³-hybridized carbons (Fsp3) is 0.176. The van der Waals surface area contributed by atoms with Gasteiger partial charge in [-0.25, -0.2) is 43.9 Å². The topological polar surface area (TPSA) is 34.1 Å². The fourth-order valence-corrected chi connectivity index (χ4v) is 2.36. The van der Waals surface area contributed by atoms with Gasteiger partial charge in [0.15, 0.2) is 58.1 Å². The second kappa shape index (κ2) is 8.21. The average Bonchev–Trinajstić information content (AvgIpc) is 2.68. The lowest BCUT2D eigenvalue weighted by molar-refractivity contribution is 0.0946. The third-order valence-electron chi connectivity index (χ3n) is 3.78. The molecular formula is C17H6F10O2. The second-order valence-electron chi connectivity index (χ2n) is 5.59. The van der Waals surface area contributed by atoms with E-state index in [1.54, 1.807) is 0 Å². The van der Waals surface area contributed by atoms with E-state index in [0.29, 0.717) is 0 Å². The molecule has 12 heteroatoms. The van der Waals surface area contributed by atoms with Crippen molar-refractivity contribution in [2.45, 2.75) is 19.3 Å². The predicted octanol–water partition coefficient (Wildman–Crippen LogP) is 5.31. The zero-order chi connectivity index (χ0) is 22.2. The van der Waals surface area contributed by atoms with E-state index >= 15 is 0 Å². The lowest BCUT2D eigenvalue weighted by Crippen LogP contribution is -2.15. The van der Waals surface area contributed by atoms with Crippen LogP contribution in [0.5, 0.6) is 0 Å².